The lowest BCUT2D eigenvalue weighted by Crippen LogP contribution is -2.24. The molecule has 0 unspecified atom stereocenters. The van der Waals surface area contributed by atoms with E-state index in [1.807, 2.05) is 62.4 Å². The summed E-state index contributed by atoms with van der Waals surface area (Å²) in [5.41, 5.74) is 3.75. The van der Waals surface area contributed by atoms with Crippen molar-refractivity contribution in [2.24, 2.45) is 0 Å². The van der Waals surface area contributed by atoms with E-state index >= 15 is 0 Å². The molecule has 0 aliphatic carbocycles. The topological polar surface area (TPSA) is 46.9 Å². The van der Waals surface area contributed by atoms with Crippen LogP contribution in [0.15, 0.2) is 59.4 Å². The van der Waals surface area contributed by atoms with Gasteiger partial charge in [0.15, 0.2) is 0 Å². The van der Waals surface area contributed by atoms with E-state index in [0.29, 0.717) is 17.3 Å². The van der Waals surface area contributed by atoms with Gasteiger partial charge < -0.3 is 5.32 Å². The lowest BCUT2D eigenvalue weighted by atomic mass is 10.1. The summed E-state index contributed by atoms with van der Waals surface area (Å²) in [6, 6.07) is 17.2. The third kappa shape index (κ3) is 3.19. The second kappa shape index (κ2) is 6.89. The number of aromatic nitrogens is 2. The van der Waals surface area contributed by atoms with Gasteiger partial charge >= 0.3 is 0 Å². The van der Waals surface area contributed by atoms with Gasteiger partial charge in [-0.25, -0.2) is 4.68 Å². The third-order valence-corrected chi connectivity index (χ3v) is 4.29. The monoisotopic (exact) mass is 339 g/mol. The van der Waals surface area contributed by atoms with Crippen LogP contribution < -0.4 is 10.9 Å². The zero-order valence-corrected chi connectivity index (χ0v) is 14.3. The first kappa shape index (κ1) is 16.3. The molecule has 3 rings (SSSR count). The first-order chi connectivity index (χ1) is 11.6. The first-order valence-corrected chi connectivity index (χ1v) is 8.17. The largest absolute Gasteiger partial charge is 0.351 e. The maximum absolute atomic E-state index is 12.6. The summed E-state index contributed by atoms with van der Waals surface area (Å²) in [5, 5.41) is 8.31. The van der Waals surface area contributed by atoms with Crippen LogP contribution in [0.1, 0.15) is 12.5 Å². The molecule has 1 heterocycles. The summed E-state index contributed by atoms with van der Waals surface area (Å²) >= 11 is 6.17. The van der Waals surface area contributed by atoms with Crippen molar-refractivity contribution in [2.75, 3.05) is 5.32 Å². The van der Waals surface area contributed by atoms with E-state index in [-0.39, 0.29) is 5.56 Å². The van der Waals surface area contributed by atoms with Gasteiger partial charge in [0.05, 0.1) is 5.69 Å². The minimum atomic E-state index is -0.156. The number of nitrogens with zero attached hydrogens (tertiary/aromatic N) is 2. The minimum absolute atomic E-state index is 0.156. The second-order valence-electron chi connectivity index (χ2n) is 5.47. The highest BCUT2D eigenvalue weighted by molar-refractivity contribution is 6.31. The van der Waals surface area contributed by atoms with E-state index in [9.17, 15) is 4.79 Å². The lowest BCUT2D eigenvalue weighted by molar-refractivity contribution is 0.621. The molecule has 0 saturated heterocycles. The average Bonchev–Trinajstić information content (AvgIpc) is 2.61. The van der Waals surface area contributed by atoms with E-state index in [0.717, 1.165) is 22.5 Å². The molecule has 0 bridgehead atoms. The normalized spacial score (nSPS) is 10.6. The summed E-state index contributed by atoms with van der Waals surface area (Å²) < 4.78 is 1.46. The van der Waals surface area contributed by atoms with Crippen LogP contribution in [0.2, 0.25) is 5.02 Å². The van der Waals surface area contributed by atoms with Crippen LogP contribution in [0.25, 0.3) is 11.3 Å². The average molecular weight is 340 g/mol. The molecule has 0 radical (unpaired) electrons. The van der Waals surface area contributed by atoms with Gasteiger partial charge in [-0.15, -0.1) is 0 Å². The fourth-order valence-corrected chi connectivity index (χ4v) is 2.66. The van der Waals surface area contributed by atoms with E-state index in [1.165, 1.54) is 4.68 Å². The summed E-state index contributed by atoms with van der Waals surface area (Å²) in [7, 11) is 0. The van der Waals surface area contributed by atoms with Gasteiger partial charge in [0.2, 0.25) is 0 Å². The van der Waals surface area contributed by atoms with Crippen LogP contribution in [0.3, 0.4) is 0 Å². The Balaban J connectivity index is 2.10. The van der Waals surface area contributed by atoms with Crippen molar-refractivity contribution in [3.63, 3.8) is 0 Å². The lowest BCUT2D eigenvalue weighted by Gasteiger charge is -2.13. The molecule has 0 aliphatic heterocycles. The van der Waals surface area contributed by atoms with Crippen molar-refractivity contribution in [3.05, 3.63) is 75.5 Å². The number of nitrogens with one attached hydrogen (secondary N) is 1. The highest BCUT2D eigenvalue weighted by atomic mass is 35.5. The Kier molecular flexibility index (Phi) is 4.67. The van der Waals surface area contributed by atoms with Crippen LogP contribution in [-0.4, -0.2) is 9.78 Å². The Morgan fingerprint density at radius 3 is 2.54 bits per heavy atom. The molecule has 1 N–H and O–H groups in total. The van der Waals surface area contributed by atoms with Gasteiger partial charge in [0.1, 0.15) is 5.69 Å². The number of benzene rings is 2. The molecule has 24 heavy (non-hydrogen) atoms. The van der Waals surface area contributed by atoms with Gasteiger partial charge in [-0.2, -0.15) is 5.10 Å². The quantitative estimate of drug-likeness (QED) is 0.753. The van der Waals surface area contributed by atoms with Crippen LogP contribution in [0.4, 0.5) is 11.4 Å². The molecule has 0 spiro atoms. The molecule has 122 valence electrons. The van der Waals surface area contributed by atoms with Crippen molar-refractivity contribution in [1.29, 1.82) is 0 Å². The Labute approximate surface area is 145 Å². The van der Waals surface area contributed by atoms with Crippen LogP contribution in [0, 0.1) is 6.92 Å². The van der Waals surface area contributed by atoms with Crippen LogP contribution in [-0.2, 0) is 6.54 Å². The minimum Gasteiger partial charge on any atom is -0.351 e. The molecule has 5 heteroatoms. The SMILES string of the molecule is CCn1nc(-c2ccccc2)cc(Nc2cccc(Cl)c2C)c1=O. The highest BCUT2D eigenvalue weighted by Crippen LogP contribution is 2.26. The summed E-state index contributed by atoms with van der Waals surface area (Å²) in [6.07, 6.45) is 0. The summed E-state index contributed by atoms with van der Waals surface area (Å²) in [6.45, 7) is 4.32. The van der Waals surface area contributed by atoms with Gasteiger partial charge in [-0.3, -0.25) is 4.79 Å². The fraction of sp³-hybridized carbons (Fsp3) is 0.158. The van der Waals surface area contributed by atoms with E-state index in [1.54, 1.807) is 6.07 Å². The standard InChI is InChI=1S/C19H18ClN3O/c1-3-23-19(24)18(21-16-11-7-10-15(20)13(16)2)12-17(22-23)14-8-5-4-6-9-14/h4-12,21H,3H2,1-2H3. The molecule has 4 nitrogen and oxygen atoms in total. The molecule has 0 amide bonds. The Morgan fingerprint density at radius 1 is 1.08 bits per heavy atom. The zero-order valence-electron chi connectivity index (χ0n) is 13.6. The molecule has 0 fully saturated rings. The number of halogens is 1. The van der Waals surface area contributed by atoms with E-state index in [2.05, 4.69) is 10.4 Å². The molecule has 1 aromatic heterocycles. The van der Waals surface area contributed by atoms with Crippen molar-refractivity contribution in [3.8, 4) is 11.3 Å². The molecular formula is C19H18ClN3O. The number of hydrogen-bond acceptors (Lipinski definition) is 3. The molecule has 0 aliphatic rings. The van der Waals surface area contributed by atoms with Crippen molar-refractivity contribution < 1.29 is 0 Å². The zero-order chi connectivity index (χ0) is 17.1. The van der Waals surface area contributed by atoms with Crippen LogP contribution in [0.5, 0.6) is 0 Å². The van der Waals surface area contributed by atoms with Crippen molar-refractivity contribution in [1.82, 2.24) is 9.78 Å². The third-order valence-electron chi connectivity index (χ3n) is 3.88. The maximum Gasteiger partial charge on any atom is 0.290 e. The second-order valence-corrected chi connectivity index (χ2v) is 5.87. The molecule has 0 saturated carbocycles. The number of rotatable bonds is 4. The van der Waals surface area contributed by atoms with Crippen LogP contribution >= 0.6 is 11.6 Å². The van der Waals surface area contributed by atoms with Gasteiger partial charge in [-0.05, 0) is 37.6 Å². The maximum atomic E-state index is 12.6. The summed E-state index contributed by atoms with van der Waals surface area (Å²) in [4.78, 5) is 12.6. The Morgan fingerprint density at radius 2 is 1.83 bits per heavy atom. The Hall–Kier alpha value is -2.59. The predicted molar refractivity (Wildman–Crippen MR) is 99.1 cm³/mol. The Bertz CT molecular complexity index is 920. The predicted octanol–water partition coefficient (Wildman–Crippen LogP) is 4.64. The van der Waals surface area contributed by atoms with Crippen molar-refractivity contribution >= 4 is 23.0 Å². The van der Waals surface area contributed by atoms with Gasteiger partial charge in [0.25, 0.3) is 5.56 Å². The van der Waals surface area contributed by atoms with Gasteiger partial charge in [-0.1, -0.05) is 48.0 Å². The molecule has 3 aromatic rings. The fourth-order valence-electron chi connectivity index (χ4n) is 2.48. The van der Waals surface area contributed by atoms with E-state index in [4.69, 9.17) is 11.6 Å². The van der Waals surface area contributed by atoms with Crippen molar-refractivity contribution in [2.45, 2.75) is 20.4 Å². The van der Waals surface area contributed by atoms with E-state index < -0.39 is 0 Å². The molecule has 2 aromatic carbocycles. The summed E-state index contributed by atoms with van der Waals surface area (Å²) in [5.74, 6) is 0. The highest BCUT2D eigenvalue weighted by Gasteiger charge is 2.11. The number of aryl methyl sites for hydroxylation is 1. The number of anilines is 2. The first-order valence-electron chi connectivity index (χ1n) is 7.80. The smallest absolute Gasteiger partial charge is 0.290 e. The van der Waals surface area contributed by atoms with Gasteiger partial charge in [0, 0.05) is 22.8 Å². The number of hydrogen-bond donors (Lipinski definition) is 1. The molecular weight excluding hydrogens is 322 g/mol. The molecule has 0 atom stereocenters.